The summed E-state index contributed by atoms with van der Waals surface area (Å²) in [6, 6.07) is 5.72. The van der Waals surface area contributed by atoms with E-state index in [-0.39, 0.29) is 29.2 Å². The highest BCUT2D eigenvalue weighted by Gasteiger charge is 2.23. The molecule has 1 amide bonds. The molecule has 0 fully saturated rings. The Kier molecular flexibility index (Phi) is 8.43. The van der Waals surface area contributed by atoms with Crippen LogP contribution in [0, 0.1) is 5.92 Å². The maximum absolute atomic E-state index is 12.5. The van der Waals surface area contributed by atoms with E-state index in [1.807, 2.05) is 6.92 Å². The maximum atomic E-state index is 12.5. The molecule has 0 saturated heterocycles. The predicted molar refractivity (Wildman–Crippen MR) is 103 cm³/mol. The Morgan fingerprint density at radius 1 is 1.08 bits per heavy atom. The second kappa shape index (κ2) is 9.83. The van der Waals surface area contributed by atoms with Crippen LogP contribution < -0.4 is 5.32 Å². The lowest BCUT2D eigenvalue weighted by Gasteiger charge is -2.19. The van der Waals surface area contributed by atoms with E-state index in [0.717, 1.165) is 23.6 Å². The third kappa shape index (κ3) is 6.88. The molecule has 0 spiro atoms. The zero-order valence-corrected chi connectivity index (χ0v) is 17.1. The normalized spacial score (nSPS) is 13.0. The molecule has 0 saturated carbocycles. The Bertz CT molecular complexity index is 712. The standard InChI is InChI=1S/C19H30N2O4S/c1-14(2)7-6-8-15(3)20-19(23)13-21(5)26(24,25)18-11-9-17(10-12-18)16(4)22/h9-12,14-15H,6-8,13H2,1-5H3,(H,20,23). The lowest BCUT2D eigenvalue weighted by atomic mass is 10.0. The van der Waals surface area contributed by atoms with Crippen molar-refractivity contribution in [3.63, 3.8) is 0 Å². The van der Waals surface area contributed by atoms with Crippen molar-refractivity contribution in [1.82, 2.24) is 9.62 Å². The number of likely N-dealkylation sites (N-methyl/N-ethyl adjacent to an activating group) is 1. The van der Waals surface area contributed by atoms with Gasteiger partial charge in [-0.25, -0.2) is 8.42 Å². The predicted octanol–water partition coefficient (Wildman–Crippen LogP) is 2.84. The van der Waals surface area contributed by atoms with Gasteiger partial charge >= 0.3 is 0 Å². The van der Waals surface area contributed by atoms with Crippen LogP contribution in [-0.4, -0.2) is 44.0 Å². The quantitative estimate of drug-likeness (QED) is 0.631. The number of Topliss-reactive ketones (excluding diaryl/α,β-unsaturated/α-hetero) is 1. The second-order valence-corrected chi connectivity index (χ2v) is 9.18. The molecule has 1 atom stereocenters. The van der Waals surface area contributed by atoms with Crippen molar-refractivity contribution < 1.29 is 18.0 Å². The fourth-order valence-corrected chi connectivity index (χ4v) is 3.68. The van der Waals surface area contributed by atoms with Gasteiger partial charge in [0, 0.05) is 18.7 Å². The van der Waals surface area contributed by atoms with E-state index in [0.29, 0.717) is 11.5 Å². The molecule has 0 aliphatic rings. The number of amides is 1. The van der Waals surface area contributed by atoms with Crippen molar-refractivity contribution in [3.05, 3.63) is 29.8 Å². The van der Waals surface area contributed by atoms with Gasteiger partial charge in [0.25, 0.3) is 0 Å². The molecule has 146 valence electrons. The molecule has 0 aliphatic heterocycles. The van der Waals surface area contributed by atoms with Gasteiger partial charge in [-0.15, -0.1) is 0 Å². The first-order chi connectivity index (χ1) is 12.0. The van der Waals surface area contributed by atoms with E-state index in [1.165, 1.54) is 38.2 Å². The van der Waals surface area contributed by atoms with Gasteiger partial charge in [-0.2, -0.15) is 4.31 Å². The molecule has 1 rings (SSSR count). The first kappa shape index (κ1) is 22.3. The van der Waals surface area contributed by atoms with Crippen molar-refractivity contribution in [2.75, 3.05) is 13.6 Å². The third-order valence-electron chi connectivity index (χ3n) is 4.16. The van der Waals surface area contributed by atoms with Gasteiger partial charge in [-0.05, 0) is 38.3 Å². The summed E-state index contributed by atoms with van der Waals surface area (Å²) in [7, 11) is -2.41. The van der Waals surface area contributed by atoms with Crippen LogP contribution in [0.25, 0.3) is 0 Å². The zero-order valence-electron chi connectivity index (χ0n) is 16.3. The SMILES string of the molecule is CC(=O)c1ccc(S(=O)(=O)N(C)CC(=O)NC(C)CCCC(C)C)cc1. The molecule has 1 N–H and O–H groups in total. The summed E-state index contributed by atoms with van der Waals surface area (Å²) < 4.78 is 26.1. The Hall–Kier alpha value is -1.73. The van der Waals surface area contributed by atoms with E-state index in [2.05, 4.69) is 19.2 Å². The average molecular weight is 383 g/mol. The van der Waals surface area contributed by atoms with Gasteiger partial charge in [0.1, 0.15) is 0 Å². The molecular formula is C19H30N2O4S. The summed E-state index contributed by atoms with van der Waals surface area (Å²) in [4.78, 5) is 23.5. The summed E-state index contributed by atoms with van der Waals surface area (Å²) in [5.41, 5.74) is 0.444. The van der Waals surface area contributed by atoms with Crippen molar-refractivity contribution in [2.24, 2.45) is 5.92 Å². The minimum Gasteiger partial charge on any atom is -0.353 e. The molecule has 0 heterocycles. The lowest BCUT2D eigenvalue weighted by Crippen LogP contribution is -2.41. The number of ketones is 1. The monoisotopic (exact) mass is 382 g/mol. The number of sulfonamides is 1. The molecular weight excluding hydrogens is 352 g/mol. The van der Waals surface area contributed by atoms with Crippen LogP contribution in [0.3, 0.4) is 0 Å². The zero-order chi connectivity index (χ0) is 19.9. The van der Waals surface area contributed by atoms with Crippen LogP contribution in [0.15, 0.2) is 29.2 Å². The molecule has 6 nitrogen and oxygen atoms in total. The summed E-state index contributed by atoms with van der Waals surface area (Å²) in [6.07, 6.45) is 2.99. The number of benzene rings is 1. The van der Waals surface area contributed by atoms with E-state index in [1.54, 1.807) is 0 Å². The Labute approximate surface area is 157 Å². The van der Waals surface area contributed by atoms with Gasteiger partial charge in [0.15, 0.2) is 5.78 Å². The van der Waals surface area contributed by atoms with Crippen molar-refractivity contribution in [3.8, 4) is 0 Å². The van der Waals surface area contributed by atoms with Gasteiger partial charge in [0.2, 0.25) is 15.9 Å². The third-order valence-corrected chi connectivity index (χ3v) is 5.98. The van der Waals surface area contributed by atoms with E-state index >= 15 is 0 Å². The van der Waals surface area contributed by atoms with E-state index < -0.39 is 10.0 Å². The van der Waals surface area contributed by atoms with Gasteiger partial charge < -0.3 is 5.32 Å². The molecule has 1 aromatic rings. The topological polar surface area (TPSA) is 83.6 Å². The smallest absolute Gasteiger partial charge is 0.243 e. The average Bonchev–Trinajstić information content (AvgIpc) is 2.54. The fourth-order valence-electron chi connectivity index (χ4n) is 2.55. The minimum absolute atomic E-state index is 0.00667. The first-order valence-corrected chi connectivity index (χ1v) is 10.3. The van der Waals surface area contributed by atoms with Crippen LogP contribution in [0.5, 0.6) is 0 Å². The molecule has 0 bridgehead atoms. The maximum Gasteiger partial charge on any atom is 0.243 e. The molecule has 0 aliphatic carbocycles. The highest BCUT2D eigenvalue weighted by Crippen LogP contribution is 2.15. The number of carbonyl (C=O) groups is 2. The lowest BCUT2D eigenvalue weighted by molar-refractivity contribution is -0.121. The Balaban J connectivity index is 2.63. The molecule has 0 radical (unpaired) electrons. The molecule has 1 unspecified atom stereocenters. The molecule has 1 aromatic carbocycles. The summed E-state index contributed by atoms with van der Waals surface area (Å²) in [6.45, 7) is 7.42. The summed E-state index contributed by atoms with van der Waals surface area (Å²) in [5.74, 6) is 0.171. The number of rotatable bonds is 10. The number of nitrogens with zero attached hydrogens (tertiary/aromatic N) is 1. The van der Waals surface area contributed by atoms with Crippen LogP contribution in [0.2, 0.25) is 0 Å². The molecule has 0 aromatic heterocycles. The van der Waals surface area contributed by atoms with Crippen molar-refractivity contribution in [2.45, 2.75) is 57.9 Å². The van der Waals surface area contributed by atoms with Gasteiger partial charge in [-0.1, -0.05) is 38.8 Å². The van der Waals surface area contributed by atoms with Crippen LogP contribution >= 0.6 is 0 Å². The number of hydrogen-bond acceptors (Lipinski definition) is 4. The summed E-state index contributed by atoms with van der Waals surface area (Å²) >= 11 is 0. The Morgan fingerprint density at radius 2 is 1.65 bits per heavy atom. The number of carbonyl (C=O) groups excluding carboxylic acids is 2. The van der Waals surface area contributed by atoms with Crippen LogP contribution in [0.1, 0.15) is 57.3 Å². The number of nitrogens with one attached hydrogen (secondary N) is 1. The van der Waals surface area contributed by atoms with Gasteiger partial charge in [0.05, 0.1) is 11.4 Å². The van der Waals surface area contributed by atoms with Crippen molar-refractivity contribution in [1.29, 1.82) is 0 Å². The van der Waals surface area contributed by atoms with Gasteiger partial charge in [-0.3, -0.25) is 9.59 Å². The van der Waals surface area contributed by atoms with Crippen LogP contribution in [0.4, 0.5) is 0 Å². The largest absolute Gasteiger partial charge is 0.353 e. The van der Waals surface area contributed by atoms with E-state index in [4.69, 9.17) is 0 Å². The van der Waals surface area contributed by atoms with E-state index in [9.17, 15) is 18.0 Å². The Morgan fingerprint density at radius 3 is 2.15 bits per heavy atom. The highest BCUT2D eigenvalue weighted by atomic mass is 32.2. The van der Waals surface area contributed by atoms with Crippen LogP contribution in [-0.2, 0) is 14.8 Å². The fraction of sp³-hybridized carbons (Fsp3) is 0.579. The molecule has 26 heavy (non-hydrogen) atoms. The minimum atomic E-state index is -3.78. The second-order valence-electron chi connectivity index (χ2n) is 7.13. The van der Waals surface area contributed by atoms with Crippen molar-refractivity contribution >= 4 is 21.7 Å². The number of hydrogen-bond donors (Lipinski definition) is 1. The first-order valence-electron chi connectivity index (χ1n) is 8.90. The highest BCUT2D eigenvalue weighted by molar-refractivity contribution is 7.89. The summed E-state index contributed by atoms with van der Waals surface area (Å²) in [5, 5.41) is 2.84. The molecule has 7 heteroatoms.